The van der Waals surface area contributed by atoms with Crippen LogP contribution in [0.15, 0.2) is 82.4 Å². The van der Waals surface area contributed by atoms with Crippen LogP contribution in [0.4, 0.5) is 23.7 Å². The van der Waals surface area contributed by atoms with Crippen molar-refractivity contribution >= 4 is 52.4 Å². The molecule has 4 aromatic rings. The van der Waals surface area contributed by atoms with Gasteiger partial charge in [0.2, 0.25) is 0 Å². The zero-order valence-electron chi connectivity index (χ0n) is 27.2. The molecule has 2 fully saturated rings. The van der Waals surface area contributed by atoms with Gasteiger partial charge in [-0.1, -0.05) is 17.7 Å². The third-order valence-corrected chi connectivity index (χ3v) is 9.92. The van der Waals surface area contributed by atoms with E-state index in [-0.39, 0.29) is 58.5 Å². The highest BCUT2D eigenvalue weighted by Crippen LogP contribution is 2.38. The average molecular weight is 753 g/mol. The lowest BCUT2D eigenvalue weighted by molar-refractivity contribution is -0.136. The number of thiazole rings is 1. The first-order chi connectivity index (χ1) is 25.0. The molecular weight excluding hydrogens is 725 g/mol. The van der Waals surface area contributed by atoms with Crippen LogP contribution < -0.4 is 15.0 Å². The molecule has 0 saturated carbocycles. The summed E-state index contributed by atoms with van der Waals surface area (Å²) in [4.78, 5) is 52.4. The predicted octanol–water partition coefficient (Wildman–Crippen LogP) is 5.85. The highest BCUT2D eigenvalue weighted by atomic mass is 35.5. The van der Waals surface area contributed by atoms with Gasteiger partial charge in [-0.2, -0.15) is 0 Å². The van der Waals surface area contributed by atoms with Gasteiger partial charge in [-0.15, -0.1) is 11.3 Å². The van der Waals surface area contributed by atoms with Gasteiger partial charge in [-0.25, -0.2) is 32.5 Å². The van der Waals surface area contributed by atoms with Crippen LogP contribution in [0.25, 0.3) is 0 Å². The third-order valence-electron chi connectivity index (χ3n) is 8.82. The van der Waals surface area contributed by atoms with E-state index in [9.17, 15) is 27.6 Å². The minimum atomic E-state index is -1.31. The van der Waals surface area contributed by atoms with Gasteiger partial charge in [0.25, 0.3) is 0 Å². The molecule has 2 atom stereocenters. The summed E-state index contributed by atoms with van der Waals surface area (Å²) >= 11 is 7.81. The highest BCUT2D eigenvalue weighted by molar-refractivity contribution is 7.11. The van der Waals surface area contributed by atoms with Crippen molar-refractivity contribution in [3.8, 4) is 11.5 Å². The smallest absolute Gasteiger partial charge is 0.338 e. The summed E-state index contributed by atoms with van der Waals surface area (Å²) in [5.41, 5.74) is 0.973. The Morgan fingerprint density at radius 1 is 1.06 bits per heavy atom. The number of piperazine rings is 1. The van der Waals surface area contributed by atoms with Crippen LogP contribution >= 0.6 is 22.9 Å². The molecule has 12 nitrogen and oxygen atoms in total. The standard InChI is InChI=1S/C35H28ClF3N6O6S/c1-50-34(48)29-27(41-31(32-40-6-9-52-32)42-30(29)24-4-3-19(37)13-25(24)36)17-43-7-8-44-22(15-43)16-45(35(44)49)21-11-20(38)12-23(14-21)51-28-5-2-18(33(46)47)10-26(28)39/h2-6,9-14,22,30H,7-8,15-17H2,1H3,(H,41,42)(H,46,47). The Morgan fingerprint density at radius 3 is 2.60 bits per heavy atom. The van der Waals surface area contributed by atoms with Gasteiger partial charge in [0.05, 0.1) is 30.0 Å². The maximum Gasteiger partial charge on any atom is 0.338 e. The predicted molar refractivity (Wildman–Crippen MR) is 184 cm³/mol. The average Bonchev–Trinajstić information content (AvgIpc) is 3.77. The number of carbonyl (C=O) groups is 3. The largest absolute Gasteiger partial charge is 0.478 e. The number of aromatic nitrogens is 1. The van der Waals surface area contributed by atoms with E-state index in [1.54, 1.807) is 16.5 Å². The summed E-state index contributed by atoms with van der Waals surface area (Å²) in [6.45, 7) is 1.53. The summed E-state index contributed by atoms with van der Waals surface area (Å²) in [5, 5.41) is 14.8. The van der Waals surface area contributed by atoms with Crippen molar-refractivity contribution in [1.29, 1.82) is 0 Å². The van der Waals surface area contributed by atoms with E-state index < -0.39 is 35.4 Å². The molecule has 17 heteroatoms. The van der Waals surface area contributed by atoms with E-state index >= 15 is 0 Å². The lowest BCUT2D eigenvalue weighted by Gasteiger charge is -2.38. The number of fused-ring (bicyclic) bond motifs is 1. The number of aromatic carboxylic acids is 1. The fourth-order valence-electron chi connectivity index (χ4n) is 6.43. The van der Waals surface area contributed by atoms with Crippen LogP contribution in [-0.4, -0.2) is 89.6 Å². The molecule has 52 heavy (non-hydrogen) atoms. The number of amidine groups is 1. The van der Waals surface area contributed by atoms with Crippen molar-refractivity contribution in [2.75, 3.05) is 44.7 Å². The molecule has 0 spiro atoms. The molecule has 2 amide bonds. The second-order valence-electron chi connectivity index (χ2n) is 12.1. The molecule has 1 aromatic heterocycles. The van der Waals surface area contributed by atoms with Crippen molar-refractivity contribution < 1.29 is 42.1 Å². The molecule has 4 heterocycles. The Balaban J connectivity index is 1.13. The number of aliphatic imine (C=N–C) groups is 1. The van der Waals surface area contributed by atoms with Gasteiger partial charge in [0.15, 0.2) is 22.4 Å². The fraction of sp³-hybridized carbons (Fsp3) is 0.229. The van der Waals surface area contributed by atoms with Crippen molar-refractivity contribution in [3.63, 3.8) is 0 Å². The van der Waals surface area contributed by atoms with Crippen LogP contribution in [-0.2, 0) is 9.53 Å². The summed E-state index contributed by atoms with van der Waals surface area (Å²) in [6.07, 6.45) is 1.62. The number of amides is 2. The topological polar surface area (TPSA) is 137 Å². The molecule has 0 bridgehead atoms. The van der Waals surface area contributed by atoms with Crippen molar-refractivity contribution in [3.05, 3.63) is 116 Å². The number of halogens is 4. The SMILES string of the molecule is COC(=O)C1=C(CN2CCN3C(=O)N(c4cc(F)cc(Oc5ccc(C(=O)O)cc5F)c4)CC3C2)NC(c2nccs2)=NC1c1ccc(F)cc1Cl. The van der Waals surface area contributed by atoms with Crippen LogP contribution in [0.5, 0.6) is 11.5 Å². The number of urea groups is 1. The lowest BCUT2D eigenvalue weighted by Crippen LogP contribution is -2.53. The Morgan fingerprint density at radius 2 is 1.88 bits per heavy atom. The van der Waals surface area contributed by atoms with E-state index in [2.05, 4.69) is 15.2 Å². The van der Waals surface area contributed by atoms with Gasteiger partial charge in [-0.3, -0.25) is 14.8 Å². The quantitative estimate of drug-likeness (QED) is 0.202. The molecule has 268 valence electrons. The second kappa shape index (κ2) is 14.3. The second-order valence-corrected chi connectivity index (χ2v) is 13.4. The molecule has 0 radical (unpaired) electrons. The van der Waals surface area contributed by atoms with Crippen LogP contribution in [0.2, 0.25) is 5.02 Å². The van der Waals surface area contributed by atoms with Gasteiger partial charge in [-0.05, 0) is 36.4 Å². The maximum atomic E-state index is 14.8. The molecule has 2 N–H and O–H groups in total. The molecule has 2 saturated heterocycles. The number of carbonyl (C=O) groups excluding carboxylic acids is 2. The zero-order valence-corrected chi connectivity index (χ0v) is 28.8. The summed E-state index contributed by atoms with van der Waals surface area (Å²) < 4.78 is 54.2. The minimum absolute atomic E-state index is 0.0835. The summed E-state index contributed by atoms with van der Waals surface area (Å²) in [6, 6.07) is 8.94. The van der Waals surface area contributed by atoms with Gasteiger partial charge >= 0.3 is 18.0 Å². The first-order valence-electron chi connectivity index (χ1n) is 15.8. The first kappa shape index (κ1) is 35.0. The molecule has 3 aliphatic rings. The number of ether oxygens (including phenoxy) is 2. The molecule has 0 aliphatic carbocycles. The number of hydrogen-bond acceptors (Lipinski definition) is 10. The van der Waals surface area contributed by atoms with E-state index in [1.165, 1.54) is 47.6 Å². The molecule has 7 rings (SSSR count). The number of carboxylic acid groups (broad SMARTS) is 1. The highest BCUT2D eigenvalue weighted by Gasteiger charge is 2.42. The number of anilines is 1. The number of rotatable bonds is 9. The number of esters is 1. The van der Waals surface area contributed by atoms with Crippen molar-refractivity contribution in [1.82, 2.24) is 20.1 Å². The van der Waals surface area contributed by atoms with Crippen molar-refractivity contribution in [2.45, 2.75) is 12.1 Å². The minimum Gasteiger partial charge on any atom is -0.478 e. The number of nitrogens with one attached hydrogen (secondary N) is 1. The Labute approximate surface area is 303 Å². The van der Waals surface area contributed by atoms with E-state index in [0.717, 1.165) is 30.3 Å². The molecular formula is C35H28ClF3N6O6S. The van der Waals surface area contributed by atoms with Gasteiger partial charge < -0.3 is 24.8 Å². The summed E-state index contributed by atoms with van der Waals surface area (Å²) in [7, 11) is 1.25. The number of carboxylic acids is 1. The zero-order chi connectivity index (χ0) is 36.7. The third kappa shape index (κ3) is 6.91. The van der Waals surface area contributed by atoms with E-state index in [0.29, 0.717) is 41.7 Å². The summed E-state index contributed by atoms with van der Waals surface area (Å²) in [5.74, 6) is -4.20. The van der Waals surface area contributed by atoms with Crippen LogP contribution in [0.3, 0.4) is 0 Å². The number of methoxy groups -OCH3 is 1. The van der Waals surface area contributed by atoms with Crippen molar-refractivity contribution in [2.24, 2.45) is 4.99 Å². The number of hydrogen-bond donors (Lipinski definition) is 2. The van der Waals surface area contributed by atoms with Crippen LogP contribution in [0, 0.1) is 17.5 Å². The lowest BCUT2D eigenvalue weighted by atomic mass is 9.95. The van der Waals surface area contributed by atoms with Gasteiger partial charge in [0.1, 0.15) is 23.4 Å². The first-order valence-corrected chi connectivity index (χ1v) is 17.1. The monoisotopic (exact) mass is 752 g/mol. The molecule has 3 aliphatic heterocycles. The number of nitrogens with zero attached hydrogens (tertiary/aromatic N) is 5. The molecule has 2 unspecified atom stereocenters. The van der Waals surface area contributed by atoms with Crippen LogP contribution in [0.1, 0.15) is 27.0 Å². The van der Waals surface area contributed by atoms with Gasteiger partial charge in [0, 0.05) is 72.7 Å². The Bertz CT molecular complexity index is 2150. The Kier molecular flexibility index (Phi) is 9.61. The Hall–Kier alpha value is -5.45. The maximum absolute atomic E-state index is 14.8. The van der Waals surface area contributed by atoms with E-state index in [1.807, 2.05) is 0 Å². The molecule has 3 aromatic carbocycles. The normalized spacial score (nSPS) is 18.9. The number of benzene rings is 3. The van der Waals surface area contributed by atoms with E-state index in [4.69, 9.17) is 31.2 Å². The fourth-order valence-corrected chi connectivity index (χ4v) is 7.29.